The zero-order valence-electron chi connectivity index (χ0n) is 15.0. The predicted molar refractivity (Wildman–Crippen MR) is 103 cm³/mol. The first kappa shape index (κ1) is 19.8. The monoisotopic (exact) mass is 409 g/mol. The number of piperazine rings is 1. The second kappa shape index (κ2) is 8.35. The number of carbonyl (C=O) groups excluding carboxylic acids is 1. The molecule has 27 heavy (non-hydrogen) atoms. The number of quaternary nitrogens is 1. The first-order valence-electron chi connectivity index (χ1n) is 8.67. The van der Waals surface area contributed by atoms with Crippen molar-refractivity contribution in [1.29, 1.82) is 0 Å². The number of hydrogen-bond donors (Lipinski definition) is 2. The standard InChI is InChI=1S/C18H21ClN4O3S/c1-14-4-6-15(7-5-14)27(25,26)23-11-9-22(10-12-23)13-17(24)21-16-3-2-8-20-18(16)19/h2-8H,9-13H2,1H3,(H,21,24)/p+1. The Bertz CT molecular complexity index is 910. The molecule has 0 radical (unpaired) electrons. The van der Waals surface area contributed by atoms with Crippen molar-refractivity contribution in [3.05, 3.63) is 53.3 Å². The summed E-state index contributed by atoms with van der Waals surface area (Å²) in [5, 5.41) is 2.99. The fraction of sp³-hybridized carbons (Fsp3) is 0.333. The number of nitrogens with zero attached hydrogens (tertiary/aromatic N) is 2. The highest BCUT2D eigenvalue weighted by atomic mass is 35.5. The van der Waals surface area contributed by atoms with Crippen LogP contribution < -0.4 is 10.2 Å². The van der Waals surface area contributed by atoms with Crippen molar-refractivity contribution in [2.45, 2.75) is 11.8 Å². The number of anilines is 1. The molecule has 2 heterocycles. The van der Waals surface area contributed by atoms with Gasteiger partial charge in [-0.15, -0.1) is 0 Å². The van der Waals surface area contributed by atoms with Gasteiger partial charge in [-0.05, 0) is 31.2 Å². The average molecular weight is 410 g/mol. The Morgan fingerprint density at radius 1 is 1.22 bits per heavy atom. The first-order chi connectivity index (χ1) is 12.9. The van der Waals surface area contributed by atoms with Crippen LogP contribution in [0.1, 0.15) is 5.56 Å². The van der Waals surface area contributed by atoms with E-state index in [0.717, 1.165) is 10.5 Å². The maximum absolute atomic E-state index is 12.7. The van der Waals surface area contributed by atoms with Crippen molar-refractivity contribution in [3.8, 4) is 0 Å². The van der Waals surface area contributed by atoms with Crippen molar-refractivity contribution < 1.29 is 18.1 Å². The van der Waals surface area contributed by atoms with Crippen molar-refractivity contribution in [3.63, 3.8) is 0 Å². The van der Waals surface area contributed by atoms with Crippen LogP contribution in [-0.4, -0.2) is 56.3 Å². The molecule has 1 aliphatic rings. The molecule has 1 aliphatic heterocycles. The van der Waals surface area contributed by atoms with E-state index >= 15 is 0 Å². The quantitative estimate of drug-likeness (QED) is 0.707. The Hall–Kier alpha value is -2.00. The molecule has 0 spiro atoms. The number of amides is 1. The van der Waals surface area contributed by atoms with Crippen LogP contribution in [0.2, 0.25) is 5.15 Å². The molecule has 2 aromatic rings. The van der Waals surface area contributed by atoms with Gasteiger partial charge in [0, 0.05) is 6.20 Å². The highest BCUT2D eigenvalue weighted by Gasteiger charge is 2.31. The molecule has 7 nitrogen and oxygen atoms in total. The fourth-order valence-electron chi connectivity index (χ4n) is 2.98. The van der Waals surface area contributed by atoms with Gasteiger partial charge < -0.3 is 10.2 Å². The molecule has 1 aromatic heterocycles. The SMILES string of the molecule is Cc1ccc(S(=O)(=O)N2CC[NH+](CC(=O)Nc3cccnc3Cl)CC2)cc1. The van der Waals surface area contributed by atoms with Crippen LogP contribution in [0.5, 0.6) is 0 Å². The lowest BCUT2D eigenvalue weighted by Gasteiger charge is -2.31. The third-order valence-electron chi connectivity index (χ3n) is 4.53. The van der Waals surface area contributed by atoms with Gasteiger partial charge in [-0.1, -0.05) is 29.3 Å². The molecule has 1 amide bonds. The largest absolute Gasteiger partial charge is 0.325 e. The van der Waals surface area contributed by atoms with E-state index in [0.29, 0.717) is 36.8 Å². The minimum absolute atomic E-state index is 0.172. The molecular weight excluding hydrogens is 388 g/mol. The van der Waals surface area contributed by atoms with E-state index in [1.165, 1.54) is 4.31 Å². The minimum Gasteiger partial charge on any atom is -0.325 e. The van der Waals surface area contributed by atoms with Crippen LogP contribution in [0.25, 0.3) is 0 Å². The molecule has 2 N–H and O–H groups in total. The van der Waals surface area contributed by atoms with E-state index in [-0.39, 0.29) is 17.6 Å². The second-order valence-electron chi connectivity index (χ2n) is 6.53. The van der Waals surface area contributed by atoms with Crippen molar-refractivity contribution in [2.75, 3.05) is 38.0 Å². The lowest BCUT2D eigenvalue weighted by Crippen LogP contribution is -3.15. The molecule has 9 heteroatoms. The maximum atomic E-state index is 12.7. The maximum Gasteiger partial charge on any atom is 0.279 e. The van der Waals surface area contributed by atoms with Gasteiger partial charge in [0.25, 0.3) is 5.91 Å². The predicted octanol–water partition coefficient (Wildman–Crippen LogP) is 0.571. The highest BCUT2D eigenvalue weighted by Crippen LogP contribution is 2.17. The number of rotatable bonds is 5. The summed E-state index contributed by atoms with van der Waals surface area (Å²) in [4.78, 5) is 17.5. The number of hydrogen-bond acceptors (Lipinski definition) is 4. The van der Waals surface area contributed by atoms with Crippen LogP contribution in [0.15, 0.2) is 47.5 Å². The summed E-state index contributed by atoms with van der Waals surface area (Å²) in [5.74, 6) is -0.172. The number of pyridine rings is 1. The number of benzene rings is 1. The van der Waals surface area contributed by atoms with E-state index in [9.17, 15) is 13.2 Å². The zero-order chi connectivity index (χ0) is 19.4. The van der Waals surface area contributed by atoms with Gasteiger partial charge >= 0.3 is 0 Å². The Labute approximate surface area is 164 Å². The molecule has 0 saturated carbocycles. The Kier molecular flexibility index (Phi) is 6.11. The van der Waals surface area contributed by atoms with Gasteiger partial charge in [-0.3, -0.25) is 4.79 Å². The minimum atomic E-state index is -3.49. The van der Waals surface area contributed by atoms with Crippen LogP contribution in [0.3, 0.4) is 0 Å². The normalized spacial score (nSPS) is 16.2. The summed E-state index contributed by atoms with van der Waals surface area (Å²) in [6, 6.07) is 10.2. The van der Waals surface area contributed by atoms with E-state index in [1.807, 2.05) is 6.92 Å². The summed E-state index contributed by atoms with van der Waals surface area (Å²) in [6.45, 7) is 4.07. The number of aryl methyl sites for hydroxylation is 1. The van der Waals surface area contributed by atoms with E-state index in [2.05, 4.69) is 10.3 Å². The fourth-order valence-corrected chi connectivity index (χ4v) is 4.59. The lowest BCUT2D eigenvalue weighted by atomic mass is 10.2. The summed E-state index contributed by atoms with van der Waals surface area (Å²) in [7, 11) is -3.49. The van der Waals surface area contributed by atoms with E-state index in [4.69, 9.17) is 11.6 Å². The molecule has 0 bridgehead atoms. The number of sulfonamides is 1. The van der Waals surface area contributed by atoms with E-state index < -0.39 is 10.0 Å². The number of halogens is 1. The number of aromatic nitrogens is 1. The van der Waals surface area contributed by atoms with Gasteiger partial charge in [0.1, 0.15) is 0 Å². The molecule has 0 unspecified atom stereocenters. The van der Waals surface area contributed by atoms with Crippen LogP contribution >= 0.6 is 11.6 Å². The summed E-state index contributed by atoms with van der Waals surface area (Å²) < 4.78 is 26.9. The third kappa shape index (κ3) is 4.84. The van der Waals surface area contributed by atoms with Crippen LogP contribution in [0.4, 0.5) is 5.69 Å². The van der Waals surface area contributed by atoms with Crippen molar-refractivity contribution >= 4 is 33.2 Å². The lowest BCUT2D eigenvalue weighted by molar-refractivity contribution is -0.895. The van der Waals surface area contributed by atoms with Gasteiger partial charge in [0.15, 0.2) is 11.7 Å². The topological polar surface area (TPSA) is 83.8 Å². The van der Waals surface area contributed by atoms with Crippen LogP contribution in [-0.2, 0) is 14.8 Å². The molecule has 1 fully saturated rings. The average Bonchev–Trinajstić information content (AvgIpc) is 2.64. The van der Waals surface area contributed by atoms with Gasteiger partial charge in [0.2, 0.25) is 10.0 Å². The Morgan fingerprint density at radius 3 is 2.52 bits per heavy atom. The van der Waals surface area contributed by atoms with Crippen molar-refractivity contribution in [1.82, 2.24) is 9.29 Å². The molecule has 1 saturated heterocycles. The van der Waals surface area contributed by atoms with Gasteiger partial charge in [-0.25, -0.2) is 13.4 Å². The number of nitrogens with one attached hydrogen (secondary N) is 2. The zero-order valence-corrected chi connectivity index (χ0v) is 16.6. The smallest absolute Gasteiger partial charge is 0.279 e. The molecule has 144 valence electrons. The highest BCUT2D eigenvalue weighted by molar-refractivity contribution is 7.89. The third-order valence-corrected chi connectivity index (χ3v) is 6.75. The molecule has 0 atom stereocenters. The number of carbonyl (C=O) groups is 1. The van der Waals surface area contributed by atoms with Gasteiger partial charge in [0.05, 0.1) is 36.8 Å². The summed E-state index contributed by atoms with van der Waals surface area (Å²) in [5.41, 5.74) is 1.49. The Balaban J connectivity index is 1.55. The van der Waals surface area contributed by atoms with Crippen molar-refractivity contribution in [2.24, 2.45) is 0 Å². The summed E-state index contributed by atoms with van der Waals surface area (Å²) >= 11 is 5.94. The van der Waals surface area contributed by atoms with E-state index in [1.54, 1.807) is 42.6 Å². The first-order valence-corrected chi connectivity index (χ1v) is 10.5. The molecular formula is C18H22ClN4O3S+. The molecule has 3 rings (SSSR count). The van der Waals surface area contributed by atoms with Crippen LogP contribution in [0, 0.1) is 6.92 Å². The second-order valence-corrected chi connectivity index (χ2v) is 8.83. The molecule has 0 aliphatic carbocycles. The summed E-state index contributed by atoms with van der Waals surface area (Å²) in [6.07, 6.45) is 1.55. The van der Waals surface area contributed by atoms with Gasteiger partial charge in [-0.2, -0.15) is 4.31 Å². The Morgan fingerprint density at radius 2 is 1.89 bits per heavy atom. The molecule has 1 aromatic carbocycles.